The van der Waals surface area contributed by atoms with Gasteiger partial charge in [-0.3, -0.25) is 0 Å². The smallest absolute Gasteiger partial charge is 0.158 e. The number of fused-ring (bicyclic) bond motifs is 5. The van der Waals surface area contributed by atoms with E-state index < -0.39 is 8.07 Å². The van der Waals surface area contributed by atoms with E-state index in [0.717, 1.165) is 59.6 Å². The van der Waals surface area contributed by atoms with Crippen LogP contribution in [0, 0.1) is 0 Å². The van der Waals surface area contributed by atoms with Crippen LogP contribution in [0.1, 0.15) is 12.6 Å². The number of para-hydroxylation sites is 2. The fourth-order valence-electron chi connectivity index (χ4n) is 4.04. The molecule has 2 aromatic carbocycles. The summed E-state index contributed by atoms with van der Waals surface area (Å²) in [7, 11) is 3.01. The molecule has 34 heavy (non-hydrogen) atoms. The molecular formula is C27H37N3O3Si. The summed E-state index contributed by atoms with van der Waals surface area (Å²) in [5, 5.41) is 0. The van der Waals surface area contributed by atoms with Crippen LogP contribution in [-0.4, -0.2) is 63.0 Å². The van der Waals surface area contributed by atoms with Crippen molar-refractivity contribution in [3.63, 3.8) is 0 Å². The third-order valence-electron chi connectivity index (χ3n) is 5.93. The average Bonchev–Trinajstić information content (AvgIpc) is 3.16. The molecule has 182 valence electrons. The second-order valence-corrected chi connectivity index (χ2v) is 15.9. The quantitative estimate of drug-likeness (QED) is 0.191. The molecule has 0 fully saturated rings. The Balaban J connectivity index is 1.67. The number of aromatic nitrogens is 2. The SMILES string of the molecule is CN(C)CCCOC(COCC[Si](C)(C)C)n1cnc2c1-c1ccccc1Oc1ccccc1-2. The highest BCUT2D eigenvalue weighted by atomic mass is 28.3. The van der Waals surface area contributed by atoms with Crippen LogP contribution in [0.15, 0.2) is 54.9 Å². The second kappa shape index (κ2) is 10.9. The Bertz CT molecular complexity index is 1090. The van der Waals surface area contributed by atoms with Crippen LogP contribution >= 0.6 is 0 Å². The van der Waals surface area contributed by atoms with Gasteiger partial charge in [0.05, 0.1) is 25.2 Å². The lowest BCUT2D eigenvalue weighted by atomic mass is 10.0. The zero-order chi connectivity index (χ0) is 24.1. The maximum absolute atomic E-state index is 6.42. The predicted octanol–water partition coefficient (Wildman–Crippen LogP) is 6.14. The van der Waals surface area contributed by atoms with E-state index in [0.29, 0.717) is 13.2 Å². The molecule has 1 aliphatic rings. The van der Waals surface area contributed by atoms with Crippen LogP contribution in [0.2, 0.25) is 25.7 Å². The molecule has 0 saturated carbocycles. The minimum absolute atomic E-state index is 0.265. The minimum atomic E-state index is -1.16. The normalized spacial score (nSPS) is 13.6. The van der Waals surface area contributed by atoms with E-state index in [4.69, 9.17) is 19.2 Å². The Kier molecular flexibility index (Phi) is 7.88. The zero-order valence-electron chi connectivity index (χ0n) is 21.1. The van der Waals surface area contributed by atoms with E-state index in [1.165, 1.54) is 0 Å². The van der Waals surface area contributed by atoms with Crippen molar-refractivity contribution >= 4 is 8.07 Å². The zero-order valence-corrected chi connectivity index (χ0v) is 22.1. The van der Waals surface area contributed by atoms with Crippen molar-refractivity contribution in [3.8, 4) is 34.0 Å². The van der Waals surface area contributed by atoms with Crippen molar-refractivity contribution in [2.45, 2.75) is 38.3 Å². The Hall–Kier alpha value is -2.45. The molecule has 6 nitrogen and oxygen atoms in total. The maximum Gasteiger partial charge on any atom is 0.158 e. The summed E-state index contributed by atoms with van der Waals surface area (Å²) in [6.45, 7) is 9.99. The van der Waals surface area contributed by atoms with Gasteiger partial charge in [0.1, 0.15) is 17.2 Å². The van der Waals surface area contributed by atoms with Gasteiger partial charge in [-0.1, -0.05) is 43.9 Å². The summed E-state index contributed by atoms with van der Waals surface area (Å²) >= 11 is 0. The lowest BCUT2D eigenvalue weighted by Gasteiger charge is -2.23. The number of hydrogen-bond donors (Lipinski definition) is 0. The molecule has 3 aromatic rings. The predicted molar refractivity (Wildman–Crippen MR) is 140 cm³/mol. The van der Waals surface area contributed by atoms with Gasteiger partial charge in [-0.25, -0.2) is 4.98 Å². The lowest BCUT2D eigenvalue weighted by Crippen LogP contribution is -2.25. The van der Waals surface area contributed by atoms with E-state index >= 15 is 0 Å². The van der Waals surface area contributed by atoms with E-state index in [9.17, 15) is 0 Å². The van der Waals surface area contributed by atoms with Crippen LogP contribution in [0.5, 0.6) is 11.5 Å². The molecule has 0 bridgehead atoms. The first-order valence-electron chi connectivity index (χ1n) is 12.1. The molecule has 0 amide bonds. The summed E-state index contributed by atoms with van der Waals surface area (Å²) in [5.74, 6) is 1.63. The first-order chi connectivity index (χ1) is 16.3. The van der Waals surface area contributed by atoms with Crippen molar-refractivity contribution in [3.05, 3.63) is 54.9 Å². The third kappa shape index (κ3) is 5.96. The van der Waals surface area contributed by atoms with Gasteiger partial charge in [-0.15, -0.1) is 0 Å². The fraction of sp³-hybridized carbons (Fsp3) is 0.444. The number of rotatable bonds is 11. The maximum atomic E-state index is 6.42. The molecule has 0 N–H and O–H groups in total. The summed E-state index contributed by atoms with van der Waals surface area (Å²) in [6.07, 6.45) is 2.58. The highest BCUT2D eigenvalue weighted by Gasteiger charge is 2.28. The molecule has 0 saturated heterocycles. The van der Waals surface area contributed by atoms with Gasteiger partial charge in [0, 0.05) is 25.8 Å². The van der Waals surface area contributed by atoms with Gasteiger partial charge in [0.15, 0.2) is 6.23 Å². The van der Waals surface area contributed by atoms with E-state index in [1.54, 1.807) is 0 Å². The van der Waals surface area contributed by atoms with Crippen molar-refractivity contribution in [2.24, 2.45) is 0 Å². The summed E-state index contributed by atoms with van der Waals surface area (Å²) < 4.78 is 21.0. The Labute approximate surface area is 204 Å². The largest absolute Gasteiger partial charge is 0.456 e. The lowest BCUT2D eigenvalue weighted by molar-refractivity contribution is -0.0562. The van der Waals surface area contributed by atoms with Crippen molar-refractivity contribution in [1.82, 2.24) is 14.5 Å². The second-order valence-electron chi connectivity index (χ2n) is 10.3. The number of ether oxygens (including phenoxy) is 3. The standard InChI is InChI=1S/C27H37N3O3Si/c1-29(2)15-10-16-32-25(19-31-17-18-34(3,4)5)30-20-28-26-21-11-6-8-13-23(21)33-24-14-9-7-12-22(24)27(26)30/h6-9,11-14,20,25H,10,15-19H2,1-5H3. The molecule has 7 heteroatoms. The molecule has 1 aromatic heterocycles. The Morgan fingerprint density at radius 2 is 1.65 bits per heavy atom. The van der Waals surface area contributed by atoms with Gasteiger partial charge in [-0.2, -0.15) is 0 Å². The van der Waals surface area contributed by atoms with Crippen LogP contribution in [0.4, 0.5) is 0 Å². The van der Waals surface area contributed by atoms with E-state index in [2.05, 4.69) is 55.3 Å². The van der Waals surface area contributed by atoms with Crippen molar-refractivity contribution in [2.75, 3.05) is 40.5 Å². The number of benzene rings is 2. The first kappa shape index (κ1) is 24.7. The first-order valence-corrected chi connectivity index (χ1v) is 15.8. The van der Waals surface area contributed by atoms with Gasteiger partial charge in [0.25, 0.3) is 0 Å². The monoisotopic (exact) mass is 479 g/mol. The molecule has 1 atom stereocenters. The van der Waals surface area contributed by atoms with Crippen molar-refractivity contribution in [1.29, 1.82) is 0 Å². The fourth-order valence-corrected chi connectivity index (χ4v) is 4.79. The van der Waals surface area contributed by atoms with Gasteiger partial charge >= 0.3 is 0 Å². The highest BCUT2D eigenvalue weighted by molar-refractivity contribution is 6.76. The van der Waals surface area contributed by atoms with Gasteiger partial charge in [-0.05, 0) is 57.4 Å². The highest BCUT2D eigenvalue weighted by Crippen LogP contribution is 2.46. The Morgan fingerprint density at radius 3 is 2.35 bits per heavy atom. The molecular weight excluding hydrogens is 442 g/mol. The molecule has 1 unspecified atom stereocenters. The van der Waals surface area contributed by atoms with Crippen LogP contribution in [0.25, 0.3) is 22.5 Å². The molecule has 0 radical (unpaired) electrons. The summed E-state index contributed by atoms with van der Waals surface area (Å²) in [5.41, 5.74) is 3.91. The average molecular weight is 480 g/mol. The van der Waals surface area contributed by atoms with Crippen LogP contribution in [0.3, 0.4) is 0 Å². The topological polar surface area (TPSA) is 48.8 Å². The van der Waals surface area contributed by atoms with Crippen LogP contribution < -0.4 is 4.74 Å². The molecule has 4 rings (SSSR count). The molecule has 0 aliphatic carbocycles. The molecule has 1 aliphatic heterocycles. The van der Waals surface area contributed by atoms with Crippen molar-refractivity contribution < 1.29 is 14.2 Å². The molecule has 2 heterocycles. The summed E-state index contributed by atoms with van der Waals surface area (Å²) in [4.78, 5) is 7.03. The van der Waals surface area contributed by atoms with E-state index in [-0.39, 0.29) is 6.23 Å². The summed E-state index contributed by atoms with van der Waals surface area (Å²) in [6, 6.07) is 17.3. The third-order valence-corrected chi connectivity index (χ3v) is 7.63. The van der Waals surface area contributed by atoms with Gasteiger partial charge < -0.3 is 23.7 Å². The van der Waals surface area contributed by atoms with E-state index in [1.807, 2.05) is 42.7 Å². The number of hydrogen-bond acceptors (Lipinski definition) is 5. The van der Waals surface area contributed by atoms with Gasteiger partial charge in [0.2, 0.25) is 0 Å². The van der Waals surface area contributed by atoms with Crippen LogP contribution in [-0.2, 0) is 9.47 Å². The number of nitrogens with zero attached hydrogens (tertiary/aromatic N) is 3. The minimum Gasteiger partial charge on any atom is -0.456 e. The molecule has 0 spiro atoms. The number of imidazole rings is 1. The Morgan fingerprint density at radius 1 is 0.971 bits per heavy atom.